The van der Waals surface area contributed by atoms with Crippen LogP contribution >= 0.6 is 11.3 Å². The highest BCUT2D eigenvalue weighted by Gasteiger charge is 2.20. The Hall–Kier alpha value is -1.93. The van der Waals surface area contributed by atoms with Gasteiger partial charge in [0.25, 0.3) is 5.56 Å². The maximum Gasteiger partial charge on any atom is 0.331 e. The second-order valence-electron chi connectivity index (χ2n) is 5.05. The third-order valence-corrected chi connectivity index (χ3v) is 4.70. The monoisotopic (exact) mass is 323 g/mol. The molecule has 0 saturated carbocycles. The van der Waals surface area contributed by atoms with Gasteiger partial charge in [-0.05, 0) is 18.4 Å². The molecule has 7 nitrogen and oxygen atoms in total. The molecule has 1 saturated heterocycles. The molecule has 2 aromatic rings. The summed E-state index contributed by atoms with van der Waals surface area (Å²) < 4.78 is 8.31. The Balaban J connectivity index is 2.03. The number of morpholine rings is 1. The van der Waals surface area contributed by atoms with Gasteiger partial charge in [-0.1, -0.05) is 0 Å². The number of nitrogens with zero attached hydrogens (tertiary/aromatic N) is 3. The number of ether oxygens (including phenoxy) is 1. The highest BCUT2D eigenvalue weighted by atomic mass is 32.1. The van der Waals surface area contributed by atoms with Crippen LogP contribution in [0.25, 0.3) is 10.2 Å². The van der Waals surface area contributed by atoms with Crippen molar-refractivity contribution in [2.24, 2.45) is 0 Å². The predicted molar refractivity (Wildman–Crippen MR) is 83.4 cm³/mol. The molecule has 3 rings (SSSR count). The van der Waals surface area contributed by atoms with Crippen molar-refractivity contribution >= 4 is 27.5 Å². The highest BCUT2D eigenvalue weighted by molar-refractivity contribution is 7.17. The summed E-state index contributed by atoms with van der Waals surface area (Å²) in [6.07, 6.45) is 0. The lowest BCUT2D eigenvalue weighted by Gasteiger charge is -2.27. The Morgan fingerprint density at radius 1 is 1.27 bits per heavy atom. The Bertz CT molecular complexity index is 814. The van der Waals surface area contributed by atoms with Crippen LogP contribution in [0.1, 0.15) is 6.92 Å². The molecule has 0 unspecified atom stereocenters. The molecule has 118 valence electrons. The van der Waals surface area contributed by atoms with E-state index in [1.54, 1.807) is 23.3 Å². The number of thiophene rings is 1. The van der Waals surface area contributed by atoms with Gasteiger partial charge in [0.05, 0.1) is 18.7 Å². The Morgan fingerprint density at radius 2 is 2.00 bits per heavy atom. The fourth-order valence-corrected chi connectivity index (χ4v) is 3.46. The van der Waals surface area contributed by atoms with Crippen molar-refractivity contribution in [3.8, 4) is 0 Å². The zero-order chi connectivity index (χ0) is 15.7. The van der Waals surface area contributed by atoms with E-state index in [1.807, 2.05) is 0 Å². The molecule has 0 spiro atoms. The minimum atomic E-state index is -0.431. The van der Waals surface area contributed by atoms with Crippen molar-refractivity contribution in [1.29, 1.82) is 0 Å². The second kappa shape index (κ2) is 6.05. The van der Waals surface area contributed by atoms with Crippen molar-refractivity contribution in [2.75, 3.05) is 26.3 Å². The lowest BCUT2D eigenvalue weighted by Crippen LogP contribution is -2.45. The fraction of sp³-hybridized carbons (Fsp3) is 0.500. The van der Waals surface area contributed by atoms with Gasteiger partial charge >= 0.3 is 5.69 Å². The lowest BCUT2D eigenvalue weighted by atomic mass is 10.3. The normalized spacial score (nSPS) is 15.4. The van der Waals surface area contributed by atoms with Gasteiger partial charge < -0.3 is 9.64 Å². The van der Waals surface area contributed by atoms with Crippen LogP contribution in [-0.2, 0) is 22.6 Å². The minimum Gasteiger partial charge on any atom is -0.378 e. The summed E-state index contributed by atoms with van der Waals surface area (Å²) in [5.41, 5.74) is -0.182. The molecule has 3 heterocycles. The van der Waals surface area contributed by atoms with Crippen LogP contribution in [0.15, 0.2) is 21.0 Å². The van der Waals surface area contributed by atoms with Gasteiger partial charge in [-0.25, -0.2) is 4.79 Å². The summed E-state index contributed by atoms with van der Waals surface area (Å²) in [5.74, 6) is -0.126. The minimum absolute atomic E-state index is 0.0493. The standard InChI is InChI=1S/C14H17N3O4S/c1-2-16-13(19)12-10(3-8-22-12)17(14(16)20)9-11(18)15-4-6-21-7-5-15/h3,8H,2,4-7,9H2,1H3. The smallest absolute Gasteiger partial charge is 0.331 e. The Kier molecular flexibility index (Phi) is 4.12. The molecule has 0 N–H and O–H groups in total. The van der Waals surface area contributed by atoms with Gasteiger partial charge in [-0.15, -0.1) is 11.3 Å². The first-order valence-electron chi connectivity index (χ1n) is 7.20. The molecule has 0 bridgehead atoms. The van der Waals surface area contributed by atoms with Crippen molar-refractivity contribution < 1.29 is 9.53 Å². The number of aromatic nitrogens is 2. The van der Waals surface area contributed by atoms with E-state index in [2.05, 4.69) is 0 Å². The van der Waals surface area contributed by atoms with E-state index in [-0.39, 0.29) is 24.6 Å². The third kappa shape index (κ3) is 2.48. The van der Waals surface area contributed by atoms with E-state index in [0.29, 0.717) is 36.5 Å². The summed E-state index contributed by atoms with van der Waals surface area (Å²) in [7, 11) is 0. The molecule has 1 aliphatic rings. The molecule has 0 radical (unpaired) electrons. The van der Waals surface area contributed by atoms with Crippen molar-refractivity contribution in [3.05, 3.63) is 32.3 Å². The molecule has 0 atom stereocenters. The number of carbonyl (C=O) groups is 1. The number of fused-ring (bicyclic) bond motifs is 1. The summed E-state index contributed by atoms with van der Waals surface area (Å²) >= 11 is 1.29. The summed E-state index contributed by atoms with van der Waals surface area (Å²) in [5, 5.41) is 1.77. The Labute approximate surface area is 130 Å². The van der Waals surface area contributed by atoms with Crippen LogP contribution in [0.4, 0.5) is 0 Å². The van der Waals surface area contributed by atoms with E-state index in [1.165, 1.54) is 20.5 Å². The van der Waals surface area contributed by atoms with Gasteiger partial charge in [-0.2, -0.15) is 0 Å². The average Bonchev–Trinajstić information content (AvgIpc) is 3.02. The first kappa shape index (κ1) is 15.0. The van der Waals surface area contributed by atoms with Gasteiger partial charge in [0.15, 0.2) is 0 Å². The van der Waals surface area contributed by atoms with E-state index < -0.39 is 5.69 Å². The predicted octanol–water partition coefficient (Wildman–Crippen LogP) is 0.103. The number of hydrogen-bond acceptors (Lipinski definition) is 5. The number of carbonyl (C=O) groups excluding carboxylic acids is 1. The van der Waals surface area contributed by atoms with E-state index in [4.69, 9.17) is 4.74 Å². The molecule has 0 aromatic carbocycles. The average molecular weight is 323 g/mol. The molecule has 8 heteroatoms. The third-order valence-electron chi connectivity index (χ3n) is 3.81. The van der Waals surface area contributed by atoms with E-state index in [9.17, 15) is 14.4 Å². The second-order valence-corrected chi connectivity index (χ2v) is 5.96. The maximum atomic E-state index is 12.5. The molecule has 2 aromatic heterocycles. The van der Waals surface area contributed by atoms with Crippen LogP contribution in [0.2, 0.25) is 0 Å². The van der Waals surface area contributed by atoms with Gasteiger partial charge in [-0.3, -0.25) is 18.7 Å². The van der Waals surface area contributed by atoms with Crippen LogP contribution in [0.3, 0.4) is 0 Å². The zero-order valence-electron chi connectivity index (χ0n) is 12.3. The summed E-state index contributed by atoms with van der Waals surface area (Å²) in [6, 6.07) is 1.72. The van der Waals surface area contributed by atoms with Gasteiger partial charge in [0.2, 0.25) is 5.91 Å². The largest absolute Gasteiger partial charge is 0.378 e. The van der Waals surface area contributed by atoms with Crippen LogP contribution < -0.4 is 11.2 Å². The van der Waals surface area contributed by atoms with Gasteiger partial charge in [0.1, 0.15) is 11.2 Å². The first-order chi connectivity index (χ1) is 10.6. The molecular weight excluding hydrogens is 306 g/mol. The van der Waals surface area contributed by atoms with Crippen LogP contribution in [-0.4, -0.2) is 46.2 Å². The number of amides is 1. The molecule has 0 aliphatic carbocycles. The van der Waals surface area contributed by atoms with Crippen molar-refractivity contribution in [3.63, 3.8) is 0 Å². The van der Waals surface area contributed by atoms with E-state index in [0.717, 1.165) is 0 Å². The van der Waals surface area contributed by atoms with Crippen LogP contribution in [0, 0.1) is 0 Å². The molecule has 1 fully saturated rings. The molecular formula is C14H17N3O4S. The number of hydrogen-bond donors (Lipinski definition) is 0. The van der Waals surface area contributed by atoms with Crippen LogP contribution in [0.5, 0.6) is 0 Å². The molecule has 1 amide bonds. The molecule has 1 aliphatic heterocycles. The zero-order valence-corrected chi connectivity index (χ0v) is 13.1. The SMILES string of the molecule is CCn1c(=O)c2sccc2n(CC(=O)N2CCOCC2)c1=O. The van der Waals surface area contributed by atoms with Gasteiger partial charge in [0, 0.05) is 19.6 Å². The quantitative estimate of drug-likeness (QED) is 0.803. The Morgan fingerprint density at radius 3 is 2.68 bits per heavy atom. The topological polar surface area (TPSA) is 73.5 Å². The highest BCUT2D eigenvalue weighted by Crippen LogP contribution is 2.15. The lowest BCUT2D eigenvalue weighted by molar-refractivity contribution is -0.135. The summed E-state index contributed by atoms with van der Waals surface area (Å²) in [4.78, 5) is 38.8. The molecule has 22 heavy (non-hydrogen) atoms. The van der Waals surface area contributed by atoms with E-state index >= 15 is 0 Å². The van der Waals surface area contributed by atoms with Crippen molar-refractivity contribution in [1.82, 2.24) is 14.0 Å². The maximum absolute atomic E-state index is 12.5. The fourth-order valence-electron chi connectivity index (χ4n) is 2.61. The number of rotatable bonds is 3. The first-order valence-corrected chi connectivity index (χ1v) is 8.07. The summed E-state index contributed by atoms with van der Waals surface area (Å²) in [6.45, 7) is 4.09. The van der Waals surface area contributed by atoms with Crippen molar-refractivity contribution in [2.45, 2.75) is 20.0 Å².